The molecule has 0 spiro atoms. The monoisotopic (exact) mass is 321 g/mol. The van der Waals surface area contributed by atoms with Crippen molar-refractivity contribution in [3.63, 3.8) is 0 Å². The Morgan fingerprint density at radius 2 is 2.12 bits per heavy atom. The molecule has 0 saturated heterocycles. The van der Waals surface area contributed by atoms with Crippen molar-refractivity contribution in [1.29, 1.82) is 0 Å². The van der Waals surface area contributed by atoms with Crippen molar-refractivity contribution in [3.8, 4) is 0 Å². The molecule has 0 fully saturated rings. The number of esters is 1. The third-order valence-electron chi connectivity index (χ3n) is 2.08. The van der Waals surface area contributed by atoms with Crippen molar-refractivity contribution in [1.82, 2.24) is 0 Å². The lowest BCUT2D eigenvalue weighted by atomic mass is 10.3. The number of ether oxygens (including phenoxy) is 1. The van der Waals surface area contributed by atoms with Gasteiger partial charge in [-0.15, -0.1) is 0 Å². The van der Waals surface area contributed by atoms with Gasteiger partial charge in [0.1, 0.15) is 0 Å². The van der Waals surface area contributed by atoms with Crippen LogP contribution in [0.25, 0.3) is 0 Å². The zero-order valence-corrected chi connectivity index (χ0v) is 11.7. The number of halogens is 1. The number of benzene rings is 1. The number of carbonyl (C=O) groups excluding carboxylic acids is 1. The molecule has 1 atom stereocenters. The maximum atomic E-state index is 11.8. The first kappa shape index (κ1) is 14.0. The molecule has 7 heteroatoms. The van der Waals surface area contributed by atoms with Gasteiger partial charge < -0.3 is 4.74 Å². The third-order valence-corrected chi connectivity index (χ3v) is 4.22. The third kappa shape index (κ3) is 3.71. The topological polar surface area (TPSA) is 72.5 Å². The quantitative estimate of drug-likeness (QED) is 0.857. The van der Waals surface area contributed by atoms with E-state index in [9.17, 15) is 13.2 Å². The zero-order chi connectivity index (χ0) is 13.1. The first-order chi connectivity index (χ1) is 7.86. The molecule has 0 saturated carbocycles. The predicted molar refractivity (Wildman–Crippen MR) is 68.2 cm³/mol. The van der Waals surface area contributed by atoms with Gasteiger partial charge >= 0.3 is 5.97 Å². The first-order valence-electron chi connectivity index (χ1n) is 4.72. The lowest BCUT2D eigenvalue weighted by Crippen LogP contribution is -2.33. The Morgan fingerprint density at radius 1 is 1.47 bits per heavy atom. The summed E-state index contributed by atoms with van der Waals surface area (Å²) < 4.78 is 31.0. The number of carbonyl (C=O) groups is 1. The van der Waals surface area contributed by atoms with Gasteiger partial charge in [-0.3, -0.25) is 9.52 Å². The second-order valence-electron chi connectivity index (χ2n) is 3.32. The summed E-state index contributed by atoms with van der Waals surface area (Å²) >= 11 is 3.22. The van der Waals surface area contributed by atoms with Gasteiger partial charge in [-0.2, -0.15) is 0 Å². The molecule has 0 heterocycles. The standard InChI is InChI=1S/C10H12BrNO4S/c1-7(10(13)16-2)17(14,15)12-9-5-3-4-8(11)6-9/h3-7,12H,1-2H3. The van der Waals surface area contributed by atoms with Crippen LogP contribution >= 0.6 is 15.9 Å². The number of methoxy groups -OCH3 is 1. The second-order valence-corrected chi connectivity index (χ2v) is 6.24. The number of hydrogen-bond donors (Lipinski definition) is 1. The van der Waals surface area contributed by atoms with Crippen LogP contribution in [-0.4, -0.2) is 26.7 Å². The molecule has 5 nitrogen and oxygen atoms in total. The first-order valence-corrected chi connectivity index (χ1v) is 7.06. The van der Waals surface area contributed by atoms with Crippen LogP contribution in [0.3, 0.4) is 0 Å². The Kier molecular flexibility index (Phi) is 4.53. The average Bonchev–Trinajstić information content (AvgIpc) is 2.26. The largest absolute Gasteiger partial charge is 0.468 e. The van der Waals surface area contributed by atoms with Gasteiger partial charge in [-0.05, 0) is 25.1 Å². The van der Waals surface area contributed by atoms with Crippen LogP contribution in [0.1, 0.15) is 6.92 Å². The van der Waals surface area contributed by atoms with Crippen molar-refractivity contribution in [2.75, 3.05) is 11.8 Å². The molecule has 94 valence electrons. The summed E-state index contributed by atoms with van der Waals surface area (Å²) in [7, 11) is -2.64. The molecule has 0 aliphatic rings. The van der Waals surface area contributed by atoms with Crippen LogP contribution in [-0.2, 0) is 19.6 Å². The molecule has 17 heavy (non-hydrogen) atoms. The Morgan fingerprint density at radius 3 is 2.65 bits per heavy atom. The van der Waals surface area contributed by atoms with Gasteiger partial charge in [0, 0.05) is 10.2 Å². The zero-order valence-electron chi connectivity index (χ0n) is 9.31. The highest BCUT2D eigenvalue weighted by atomic mass is 79.9. The van der Waals surface area contributed by atoms with E-state index in [-0.39, 0.29) is 0 Å². The summed E-state index contributed by atoms with van der Waals surface area (Å²) in [5, 5.41) is -1.26. The summed E-state index contributed by atoms with van der Waals surface area (Å²) in [5.74, 6) is -0.799. The van der Waals surface area contributed by atoms with Crippen LogP contribution in [0.15, 0.2) is 28.7 Å². The fourth-order valence-electron chi connectivity index (χ4n) is 1.10. The van der Waals surface area contributed by atoms with Gasteiger partial charge in [0.2, 0.25) is 10.0 Å². The van der Waals surface area contributed by atoms with E-state index in [1.54, 1.807) is 24.3 Å². The Labute approximate surface area is 108 Å². The van der Waals surface area contributed by atoms with Crippen LogP contribution in [0, 0.1) is 0 Å². The summed E-state index contributed by atoms with van der Waals surface area (Å²) in [4.78, 5) is 11.2. The van der Waals surface area contributed by atoms with Crippen molar-refractivity contribution in [3.05, 3.63) is 28.7 Å². The van der Waals surface area contributed by atoms with Crippen LogP contribution in [0.5, 0.6) is 0 Å². The Hall–Kier alpha value is -1.08. The lowest BCUT2D eigenvalue weighted by Gasteiger charge is -2.12. The number of hydrogen-bond acceptors (Lipinski definition) is 4. The minimum absolute atomic E-state index is 0.384. The summed E-state index contributed by atoms with van der Waals surface area (Å²) in [5.41, 5.74) is 0.384. The van der Waals surface area contributed by atoms with E-state index in [1.165, 1.54) is 6.92 Å². The van der Waals surface area contributed by atoms with Gasteiger partial charge in [0.15, 0.2) is 5.25 Å². The minimum Gasteiger partial charge on any atom is -0.468 e. The molecule has 1 aromatic carbocycles. The van der Waals surface area contributed by atoms with Crippen LogP contribution < -0.4 is 4.72 Å². The van der Waals surface area contributed by atoms with E-state index in [1.807, 2.05) is 0 Å². The fourth-order valence-corrected chi connectivity index (χ4v) is 2.48. The fraction of sp³-hybridized carbons (Fsp3) is 0.300. The van der Waals surface area contributed by atoms with Gasteiger partial charge in [-0.25, -0.2) is 8.42 Å². The lowest BCUT2D eigenvalue weighted by molar-refractivity contribution is -0.139. The number of anilines is 1. The number of rotatable bonds is 4. The molecule has 0 bridgehead atoms. The summed E-state index contributed by atoms with van der Waals surface area (Å²) in [6.07, 6.45) is 0. The van der Waals surface area contributed by atoms with Gasteiger partial charge in [-0.1, -0.05) is 22.0 Å². The molecule has 0 amide bonds. The Balaban J connectivity index is 2.90. The molecule has 0 aliphatic heterocycles. The maximum Gasteiger partial charge on any atom is 0.325 e. The molecule has 0 radical (unpaired) electrons. The van der Waals surface area contributed by atoms with E-state index < -0.39 is 21.2 Å². The normalized spacial score (nSPS) is 12.9. The highest BCUT2D eigenvalue weighted by molar-refractivity contribution is 9.10. The average molecular weight is 322 g/mol. The molecule has 1 N–H and O–H groups in total. The molecule has 1 unspecified atom stereocenters. The molecule has 1 aromatic rings. The molecular formula is C10H12BrNO4S. The predicted octanol–water partition coefficient (Wildman–Crippen LogP) is 1.75. The van der Waals surface area contributed by atoms with Crippen LogP contribution in [0.4, 0.5) is 5.69 Å². The molecular weight excluding hydrogens is 310 g/mol. The summed E-state index contributed by atoms with van der Waals surface area (Å²) in [6, 6.07) is 6.64. The van der Waals surface area contributed by atoms with Gasteiger partial charge in [0.05, 0.1) is 7.11 Å². The molecule has 1 rings (SSSR count). The number of nitrogens with one attached hydrogen (secondary N) is 1. The SMILES string of the molecule is COC(=O)C(C)S(=O)(=O)Nc1cccc(Br)c1. The van der Waals surface area contributed by atoms with E-state index in [0.29, 0.717) is 5.69 Å². The van der Waals surface area contributed by atoms with Crippen LogP contribution in [0.2, 0.25) is 0 Å². The highest BCUT2D eigenvalue weighted by Crippen LogP contribution is 2.18. The summed E-state index contributed by atoms with van der Waals surface area (Å²) in [6.45, 7) is 1.27. The van der Waals surface area contributed by atoms with Crippen molar-refractivity contribution in [2.24, 2.45) is 0 Å². The minimum atomic E-state index is -3.79. The van der Waals surface area contributed by atoms with Crippen molar-refractivity contribution in [2.45, 2.75) is 12.2 Å². The number of sulfonamides is 1. The maximum absolute atomic E-state index is 11.8. The highest BCUT2D eigenvalue weighted by Gasteiger charge is 2.28. The van der Waals surface area contributed by atoms with E-state index >= 15 is 0 Å². The molecule has 0 aromatic heterocycles. The van der Waals surface area contributed by atoms with E-state index in [4.69, 9.17) is 0 Å². The van der Waals surface area contributed by atoms with Crippen molar-refractivity contribution >= 4 is 37.6 Å². The Bertz CT molecular complexity index is 515. The van der Waals surface area contributed by atoms with Gasteiger partial charge in [0.25, 0.3) is 0 Å². The second kappa shape index (κ2) is 5.50. The smallest absolute Gasteiger partial charge is 0.325 e. The van der Waals surface area contributed by atoms with Crippen molar-refractivity contribution < 1.29 is 17.9 Å². The van der Waals surface area contributed by atoms with E-state index in [2.05, 4.69) is 25.4 Å². The van der Waals surface area contributed by atoms with E-state index in [0.717, 1.165) is 11.6 Å². The molecule has 0 aliphatic carbocycles.